The summed E-state index contributed by atoms with van der Waals surface area (Å²) in [4.78, 5) is 33.9. The Morgan fingerprint density at radius 1 is 0.941 bits per heavy atom. The van der Waals surface area contributed by atoms with Crippen LogP contribution in [-0.4, -0.2) is 33.2 Å². The number of carbonyl (C=O) groups excluding carboxylic acids is 3. The predicted molar refractivity (Wildman–Crippen MR) is 54.4 cm³/mol. The monoisotopic (exact) mass is 234 g/mol. The number of allylic oxidation sites excluding steroid dienone is 2. The maximum Gasteiger partial charge on any atom is 0.232 e. The third kappa shape index (κ3) is 1.38. The van der Waals surface area contributed by atoms with Crippen LogP contribution in [0.15, 0.2) is 23.7 Å². The van der Waals surface area contributed by atoms with Crippen molar-refractivity contribution in [2.45, 2.75) is 0 Å². The van der Waals surface area contributed by atoms with Gasteiger partial charge in [0.05, 0.1) is 0 Å². The van der Waals surface area contributed by atoms with Crippen LogP contribution in [0.25, 0.3) is 0 Å². The Bertz CT molecular complexity index is 596. The van der Waals surface area contributed by atoms with Crippen molar-refractivity contribution < 1.29 is 29.7 Å². The number of hydrogen-bond donors (Lipinski definition) is 3. The first-order valence-corrected chi connectivity index (χ1v) is 4.51. The molecule has 0 amide bonds. The molecule has 0 saturated carbocycles. The van der Waals surface area contributed by atoms with Crippen molar-refractivity contribution >= 4 is 17.9 Å². The molecule has 6 heteroatoms. The van der Waals surface area contributed by atoms with E-state index in [1.807, 2.05) is 0 Å². The zero-order chi connectivity index (χ0) is 12.7. The average molecular weight is 234 g/mol. The fourth-order valence-corrected chi connectivity index (χ4v) is 1.64. The molecule has 0 aromatic heterocycles. The summed E-state index contributed by atoms with van der Waals surface area (Å²) in [5.74, 6) is -4.63. The number of hydrogen-bond acceptors (Lipinski definition) is 6. The minimum atomic E-state index is -1.10. The summed E-state index contributed by atoms with van der Waals surface area (Å²) >= 11 is 0. The molecule has 1 aliphatic carbocycles. The van der Waals surface area contributed by atoms with Crippen molar-refractivity contribution in [2.75, 3.05) is 0 Å². The molecular weight excluding hydrogens is 228 g/mol. The highest BCUT2D eigenvalue weighted by Gasteiger charge is 2.34. The lowest BCUT2D eigenvalue weighted by Crippen LogP contribution is -2.23. The lowest BCUT2D eigenvalue weighted by atomic mass is 9.88. The van der Waals surface area contributed by atoms with Crippen LogP contribution in [0.5, 0.6) is 5.75 Å². The van der Waals surface area contributed by atoms with E-state index in [2.05, 4.69) is 0 Å². The molecule has 0 spiro atoms. The second-order valence-corrected chi connectivity index (χ2v) is 3.43. The van der Waals surface area contributed by atoms with E-state index in [1.54, 1.807) is 0 Å². The predicted octanol–water partition coefficient (Wildman–Crippen LogP) is 0.911. The maximum absolute atomic E-state index is 11.6. The number of phenols is 1. The molecule has 0 radical (unpaired) electrons. The summed E-state index contributed by atoms with van der Waals surface area (Å²) in [6.45, 7) is 0. The van der Waals surface area contributed by atoms with Crippen molar-refractivity contribution in [2.24, 2.45) is 0 Å². The fraction of sp³-hybridized carbons (Fsp3) is 0. The molecule has 17 heavy (non-hydrogen) atoms. The topological polar surface area (TPSA) is 112 Å². The summed E-state index contributed by atoms with van der Waals surface area (Å²) < 4.78 is 0. The van der Waals surface area contributed by atoms with E-state index < -0.39 is 23.1 Å². The van der Waals surface area contributed by atoms with Gasteiger partial charge in [0.25, 0.3) is 0 Å². The Kier molecular flexibility index (Phi) is 2.20. The number of ketones is 2. The lowest BCUT2D eigenvalue weighted by molar-refractivity contribution is 0.0878. The maximum atomic E-state index is 11.6. The molecule has 1 aliphatic rings. The molecular formula is C11H6O6. The number of rotatable bonds is 1. The Morgan fingerprint density at radius 2 is 1.53 bits per heavy atom. The minimum Gasteiger partial charge on any atom is -0.508 e. The average Bonchev–Trinajstić information content (AvgIpc) is 2.32. The molecule has 0 heterocycles. The van der Waals surface area contributed by atoms with E-state index >= 15 is 0 Å². The molecule has 86 valence electrons. The van der Waals surface area contributed by atoms with Gasteiger partial charge in [0.15, 0.2) is 6.29 Å². The van der Waals surface area contributed by atoms with Crippen LogP contribution in [0.1, 0.15) is 31.1 Å². The quantitative estimate of drug-likeness (QED) is 0.622. The molecule has 3 N–H and O–H groups in total. The van der Waals surface area contributed by atoms with Crippen LogP contribution in [0, 0.1) is 0 Å². The molecule has 0 bridgehead atoms. The van der Waals surface area contributed by atoms with Gasteiger partial charge in [-0.3, -0.25) is 14.4 Å². The number of aliphatic hydroxyl groups is 2. The number of aldehydes is 1. The van der Waals surface area contributed by atoms with Gasteiger partial charge in [0, 0.05) is 16.7 Å². The van der Waals surface area contributed by atoms with E-state index in [1.165, 1.54) is 0 Å². The molecule has 0 unspecified atom stereocenters. The van der Waals surface area contributed by atoms with E-state index in [0.717, 1.165) is 12.1 Å². The van der Waals surface area contributed by atoms with Gasteiger partial charge in [0.1, 0.15) is 5.75 Å². The highest BCUT2D eigenvalue weighted by atomic mass is 16.3. The Labute approximate surface area is 94.4 Å². The largest absolute Gasteiger partial charge is 0.508 e. The molecule has 6 nitrogen and oxygen atoms in total. The lowest BCUT2D eigenvalue weighted by Gasteiger charge is -2.15. The van der Waals surface area contributed by atoms with E-state index in [-0.39, 0.29) is 28.7 Å². The number of phenolic OH excluding ortho intramolecular Hbond substituents is 1. The van der Waals surface area contributed by atoms with E-state index in [0.29, 0.717) is 0 Å². The number of fused-ring (bicyclic) bond motifs is 1. The Balaban J connectivity index is 2.84. The number of Topliss-reactive ketones (excluding diaryl/α,β-unsaturated/α-hetero) is 2. The van der Waals surface area contributed by atoms with Crippen LogP contribution in [0.3, 0.4) is 0 Å². The molecule has 0 saturated heterocycles. The van der Waals surface area contributed by atoms with Gasteiger partial charge in [-0.15, -0.1) is 0 Å². The summed E-state index contributed by atoms with van der Waals surface area (Å²) in [5, 5.41) is 27.7. The third-order valence-electron chi connectivity index (χ3n) is 2.41. The standard InChI is InChI=1S/C11H6O6/c12-3-4-1-5(13)2-6-7(4)9(15)11(17)10(16)8(6)14/h1-3,13,16-17H. The number of aromatic hydroxyl groups is 1. The number of aliphatic hydroxyl groups excluding tert-OH is 2. The van der Waals surface area contributed by atoms with Crippen LogP contribution in [-0.2, 0) is 0 Å². The molecule has 0 atom stereocenters. The first kappa shape index (κ1) is 10.9. The zero-order valence-electron chi connectivity index (χ0n) is 8.30. The molecule has 2 rings (SSSR count). The fourth-order valence-electron chi connectivity index (χ4n) is 1.64. The summed E-state index contributed by atoms with van der Waals surface area (Å²) in [6, 6.07) is 1.94. The van der Waals surface area contributed by atoms with Gasteiger partial charge in [-0.25, -0.2) is 0 Å². The zero-order valence-corrected chi connectivity index (χ0v) is 8.30. The number of benzene rings is 1. The van der Waals surface area contributed by atoms with Gasteiger partial charge in [-0.1, -0.05) is 0 Å². The van der Waals surface area contributed by atoms with Gasteiger partial charge in [-0.2, -0.15) is 0 Å². The summed E-state index contributed by atoms with van der Waals surface area (Å²) in [7, 11) is 0. The van der Waals surface area contributed by atoms with Crippen molar-refractivity contribution in [3.8, 4) is 5.75 Å². The molecule has 0 aliphatic heterocycles. The molecule has 1 aromatic carbocycles. The Hall–Kier alpha value is -2.63. The highest BCUT2D eigenvalue weighted by molar-refractivity contribution is 6.27. The van der Waals surface area contributed by atoms with E-state index in [9.17, 15) is 29.7 Å². The SMILES string of the molecule is O=Cc1cc(O)cc2c1C(=O)C(O)=C(O)C2=O. The van der Waals surface area contributed by atoms with Crippen molar-refractivity contribution in [3.63, 3.8) is 0 Å². The van der Waals surface area contributed by atoms with Gasteiger partial charge in [-0.05, 0) is 12.1 Å². The second-order valence-electron chi connectivity index (χ2n) is 3.43. The van der Waals surface area contributed by atoms with Crippen molar-refractivity contribution in [1.82, 2.24) is 0 Å². The summed E-state index contributed by atoms with van der Waals surface area (Å²) in [6.07, 6.45) is 0.277. The normalized spacial score (nSPS) is 14.8. The van der Waals surface area contributed by atoms with Crippen LogP contribution in [0.4, 0.5) is 0 Å². The first-order valence-electron chi connectivity index (χ1n) is 4.51. The minimum absolute atomic E-state index is 0.225. The van der Waals surface area contributed by atoms with Crippen LogP contribution in [0.2, 0.25) is 0 Å². The molecule has 1 aromatic rings. The second kappa shape index (κ2) is 3.44. The van der Waals surface area contributed by atoms with Crippen LogP contribution >= 0.6 is 0 Å². The third-order valence-corrected chi connectivity index (χ3v) is 2.41. The number of carbonyl (C=O) groups is 3. The first-order chi connectivity index (χ1) is 7.97. The van der Waals surface area contributed by atoms with E-state index in [4.69, 9.17) is 0 Å². The van der Waals surface area contributed by atoms with Crippen molar-refractivity contribution in [1.29, 1.82) is 0 Å². The van der Waals surface area contributed by atoms with Gasteiger partial charge < -0.3 is 15.3 Å². The highest BCUT2D eigenvalue weighted by Crippen LogP contribution is 2.29. The van der Waals surface area contributed by atoms with Gasteiger partial charge >= 0.3 is 0 Å². The summed E-state index contributed by atoms with van der Waals surface area (Å²) in [5.41, 5.74) is -0.858. The molecule has 0 fully saturated rings. The Morgan fingerprint density at radius 3 is 2.12 bits per heavy atom. The smallest absolute Gasteiger partial charge is 0.232 e. The van der Waals surface area contributed by atoms with Crippen molar-refractivity contribution in [3.05, 3.63) is 40.3 Å². The van der Waals surface area contributed by atoms with Gasteiger partial charge in [0.2, 0.25) is 23.1 Å². The van der Waals surface area contributed by atoms with Crippen LogP contribution < -0.4 is 0 Å².